The Morgan fingerprint density at radius 1 is 1.07 bits per heavy atom. The lowest BCUT2D eigenvalue weighted by Crippen LogP contribution is -2.37. The summed E-state index contributed by atoms with van der Waals surface area (Å²) in [6.07, 6.45) is 0.945. The number of carbonyl (C=O) groups excluding carboxylic acids is 2. The fraction of sp³-hybridized carbons (Fsp3) is 0.300. The van der Waals surface area contributed by atoms with Gasteiger partial charge < -0.3 is 25.8 Å². The van der Waals surface area contributed by atoms with Crippen LogP contribution in [-0.4, -0.2) is 80.2 Å². The average Bonchev–Trinajstić information content (AvgIpc) is 3.45. The third-order valence-corrected chi connectivity index (χ3v) is 8.32. The quantitative estimate of drug-likeness (QED) is 0.186. The molecule has 0 fully saturated rings. The normalized spacial score (nSPS) is 13.9. The van der Waals surface area contributed by atoms with Gasteiger partial charge in [-0.25, -0.2) is 22.9 Å². The predicted molar refractivity (Wildman–Crippen MR) is 170 cm³/mol. The second-order valence-electron chi connectivity index (χ2n) is 10.5. The lowest BCUT2D eigenvalue weighted by molar-refractivity contribution is -0.137. The highest BCUT2D eigenvalue weighted by Crippen LogP contribution is 2.27. The van der Waals surface area contributed by atoms with Crippen LogP contribution in [0.25, 0.3) is 0 Å². The molecule has 0 bridgehead atoms. The van der Waals surface area contributed by atoms with E-state index >= 15 is 0 Å². The number of aliphatic imine (C=N–C) groups is 1. The molecule has 0 aliphatic carbocycles. The van der Waals surface area contributed by atoms with Gasteiger partial charge in [-0.2, -0.15) is 0 Å². The fourth-order valence-electron chi connectivity index (χ4n) is 4.49. The van der Waals surface area contributed by atoms with Gasteiger partial charge in [0.15, 0.2) is 10.8 Å². The van der Waals surface area contributed by atoms with E-state index in [2.05, 4.69) is 30.6 Å². The molecule has 0 spiro atoms. The van der Waals surface area contributed by atoms with Gasteiger partial charge in [0.1, 0.15) is 11.6 Å². The van der Waals surface area contributed by atoms with Gasteiger partial charge in [-0.3, -0.25) is 19.5 Å². The number of carbonyl (C=O) groups is 3. The maximum Gasteiger partial charge on any atom is 0.323 e. The molecular formula is C30H35N7O7S. The van der Waals surface area contributed by atoms with Crippen molar-refractivity contribution in [3.8, 4) is 5.75 Å². The Balaban J connectivity index is 1.32. The number of hydrogen-bond donors (Lipinski definition) is 5. The van der Waals surface area contributed by atoms with E-state index in [1.165, 1.54) is 19.4 Å². The van der Waals surface area contributed by atoms with Crippen LogP contribution in [0, 0.1) is 6.92 Å². The van der Waals surface area contributed by atoms with Crippen molar-refractivity contribution in [3.05, 3.63) is 77.5 Å². The van der Waals surface area contributed by atoms with Crippen LogP contribution in [0.4, 0.5) is 22.0 Å². The average molecular weight is 638 g/mol. The number of carboxylic acid groups (broad SMARTS) is 1. The molecule has 5 N–H and O–H groups in total. The van der Waals surface area contributed by atoms with Gasteiger partial charge in [-0.1, -0.05) is 30.3 Å². The highest BCUT2D eigenvalue weighted by molar-refractivity contribution is 8.04. The number of sulfonamides is 1. The molecule has 2 aromatic carbocycles. The summed E-state index contributed by atoms with van der Waals surface area (Å²) in [4.78, 5) is 46.6. The number of ether oxygens (including phenoxy) is 1. The molecule has 15 heteroatoms. The molecule has 3 aromatic rings. The summed E-state index contributed by atoms with van der Waals surface area (Å²) >= 11 is 0. The maximum absolute atomic E-state index is 12.8. The van der Waals surface area contributed by atoms with E-state index in [4.69, 9.17) is 4.74 Å². The SMILES string of the molecule is COc1cc(CC(=O)CNc2ccc(C(CC(=O)O)NS(=O)(=O)C3=NCN(C)C3)cn2)ccc1NC(=O)Nc1ccccc1C. The largest absolute Gasteiger partial charge is 0.495 e. The minimum atomic E-state index is -4.00. The van der Waals surface area contributed by atoms with Gasteiger partial charge in [-0.15, -0.1) is 0 Å². The summed E-state index contributed by atoms with van der Waals surface area (Å²) in [5.41, 5.74) is 3.06. The molecule has 2 amide bonds. The van der Waals surface area contributed by atoms with Crippen molar-refractivity contribution < 1.29 is 32.6 Å². The van der Waals surface area contributed by atoms with Crippen LogP contribution in [0.5, 0.6) is 5.75 Å². The van der Waals surface area contributed by atoms with Crippen molar-refractivity contribution in [3.63, 3.8) is 0 Å². The molecule has 1 aliphatic rings. The first-order valence-electron chi connectivity index (χ1n) is 13.9. The van der Waals surface area contributed by atoms with E-state index in [0.717, 1.165) is 5.56 Å². The number of urea groups is 1. The van der Waals surface area contributed by atoms with Crippen LogP contribution in [0.3, 0.4) is 0 Å². The van der Waals surface area contributed by atoms with Crippen LogP contribution in [0.15, 0.2) is 65.8 Å². The van der Waals surface area contributed by atoms with Crippen molar-refractivity contribution in [2.45, 2.75) is 25.8 Å². The number of anilines is 3. The van der Waals surface area contributed by atoms with Crippen LogP contribution in [0.1, 0.15) is 29.2 Å². The van der Waals surface area contributed by atoms with Crippen molar-refractivity contribution in [1.82, 2.24) is 14.6 Å². The number of nitrogens with zero attached hydrogens (tertiary/aromatic N) is 3. The van der Waals surface area contributed by atoms with Gasteiger partial charge in [-0.05, 0) is 54.9 Å². The zero-order valence-corrected chi connectivity index (χ0v) is 25.8. The van der Waals surface area contributed by atoms with Crippen LogP contribution >= 0.6 is 0 Å². The first-order valence-corrected chi connectivity index (χ1v) is 15.4. The first kappa shape index (κ1) is 33.0. The third kappa shape index (κ3) is 9.31. The van der Waals surface area contributed by atoms with Crippen LogP contribution in [0.2, 0.25) is 0 Å². The van der Waals surface area contributed by atoms with Gasteiger partial charge in [0, 0.05) is 18.3 Å². The Labute approximate surface area is 261 Å². The third-order valence-electron chi connectivity index (χ3n) is 6.84. The minimum Gasteiger partial charge on any atom is -0.495 e. The fourth-order valence-corrected chi connectivity index (χ4v) is 5.84. The first-order chi connectivity index (χ1) is 21.4. The van der Waals surface area contributed by atoms with E-state index in [0.29, 0.717) is 34.1 Å². The van der Waals surface area contributed by atoms with Crippen molar-refractivity contribution >= 4 is 50.0 Å². The number of aliphatic carboxylic acids is 1. The Bertz CT molecular complexity index is 1690. The topological polar surface area (TPSA) is 191 Å². The summed E-state index contributed by atoms with van der Waals surface area (Å²) in [5.74, 6) is -0.599. The summed E-state index contributed by atoms with van der Waals surface area (Å²) in [5, 5.41) is 17.8. The van der Waals surface area contributed by atoms with Crippen molar-refractivity contribution in [1.29, 1.82) is 0 Å². The summed E-state index contributed by atoms with van der Waals surface area (Å²) in [7, 11) is -0.809. The molecule has 1 atom stereocenters. The number of hydrogen-bond acceptors (Lipinski definition) is 10. The number of aromatic nitrogens is 1. The maximum atomic E-state index is 12.8. The molecule has 1 aromatic heterocycles. The van der Waals surface area contributed by atoms with E-state index < -0.39 is 34.5 Å². The van der Waals surface area contributed by atoms with E-state index in [1.54, 1.807) is 42.3 Å². The molecule has 0 saturated heterocycles. The molecule has 0 saturated carbocycles. The number of nitrogens with one attached hydrogen (secondary N) is 4. The number of benzene rings is 2. The van der Waals surface area contributed by atoms with Gasteiger partial charge in [0.05, 0.1) is 45.0 Å². The summed E-state index contributed by atoms with van der Waals surface area (Å²) in [6.45, 7) is 2.21. The van der Waals surface area contributed by atoms with Gasteiger partial charge in [0.2, 0.25) is 0 Å². The second-order valence-corrected chi connectivity index (χ2v) is 12.2. The molecule has 238 valence electrons. The molecular weight excluding hydrogens is 602 g/mol. The Kier molecular flexibility index (Phi) is 10.8. The number of para-hydroxylation sites is 1. The number of Topliss-reactive ketones (excluding diaryl/α,β-unsaturated/α-hetero) is 1. The second kappa shape index (κ2) is 14.7. The lowest BCUT2D eigenvalue weighted by atomic mass is 10.1. The zero-order chi connectivity index (χ0) is 32.6. The molecule has 14 nitrogen and oxygen atoms in total. The number of methoxy groups -OCH3 is 1. The highest BCUT2D eigenvalue weighted by atomic mass is 32.2. The number of pyridine rings is 1. The minimum absolute atomic E-state index is 0.0496. The summed E-state index contributed by atoms with van der Waals surface area (Å²) in [6, 6.07) is 14.0. The van der Waals surface area contributed by atoms with Gasteiger partial charge >= 0.3 is 12.0 Å². The molecule has 0 radical (unpaired) electrons. The van der Waals surface area contributed by atoms with Crippen LogP contribution in [-0.2, 0) is 26.0 Å². The van der Waals surface area contributed by atoms with E-state index in [9.17, 15) is 27.9 Å². The van der Waals surface area contributed by atoms with Crippen LogP contribution < -0.4 is 25.4 Å². The molecule has 1 unspecified atom stereocenters. The smallest absolute Gasteiger partial charge is 0.323 e. The Morgan fingerprint density at radius 3 is 2.47 bits per heavy atom. The predicted octanol–water partition coefficient (Wildman–Crippen LogP) is 3.00. The number of carboxylic acids is 1. The highest BCUT2D eigenvalue weighted by Gasteiger charge is 2.29. The Morgan fingerprint density at radius 2 is 1.82 bits per heavy atom. The number of aryl methyl sites for hydroxylation is 1. The molecule has 2 heterocycles. The van der Waals surface area contributed by atoms with E-state index in [-0.39, 0.29) is 37.0 Å². The Hall–Kier alpha value is -4.86. The standard InChI is InChI=1S/C30H35N7O7S/c1-19-6-4-5-7-23(19)34-30(41)35-24-10-8-20(13-26(24)44-3)12-22(38)16-32-27-11-9-21(15-31-27)25(14-29(39)40)36-45(42,43)28-17-37(2)18-33-28/h4-11,13,15,25,36H,12,14,16-18H2,1-3H3,(H,31,32)(H,39,40)(H2,34,35,41). The van der Waals surface area contributed by atoms with E-state index in [1.807, 2.05) is 25.1 Å². The number of amides is 2. The monoisotopic (exact) mass is 637 g/mol. The van der Waals surface area contributed by atoms with Crippen molar-refractivity contribution in [2.24, 2.45) is 4.99 Å². The summed E-state index contributed by atoms with van der Waals surface area (Å²) < 4.78 is 33.4. The number of ketones is 1. The zero-order valence-electron chi connectivity index (χ0n) is 25.0. The molecule has 1 aliphatic heterocycles. The number of rotatable bonds is 13. The van der Waals surface area contributed by atoms with Crippen molar-refractivity contribution in [2.75, 3.05) is 49.9 Å². The molecule has 45 heavy (non-hydrogen) atoms. The molecule has 4 rings (SSSR count). The van der Waals surface area contributed by atoms with Gasteiger partial charge in [0.25, 0.3) is 10.0 Å². The lowest BCUT2D eigenvalue weighted by Gasteiger charge is -2.18.